The third kappa shape index (κ3) is 5.88. The SMILES string of the molecule is CCc1ccc2c(c1-c1ccccc1C)C=C(C(C)(C)C)[CH]2[Zr]([Cl])([Cl])([CH]1C(C(C)(C)C)=Cc2c1ccc(CC)c2-c1ccccc1C)[SiH](C)C. The molecule has 2 aliphatic carbocycles. The summed E-state index contributed by atoms with van der Waals surface area (Å²) < 4.78 is 0.0640. The summed E-state index contributed by atoms with van der Waals surface area (Å²) in [6.45, 7) is 28.3. The van der Waals surface area contributed by atoms with Crippen LogP contribution in [0.3, 0.4) is 0 Å². The minimum absolute atomic E-state index is 0.0320. The van der Waals surface area contributed by atoms with Crippen LogP contribution < -0.4 is 0 Å². The van der Waals surface area contributed by atoms with Gasteiger partial charge in [0, 0.05) is 0 Å². The molecule has 0 bridgehead atoms. The molecule has 0 saturated carbocycles. The van der Waals surface area contributed by atoms with Crippen LogP contribution in [0.2, 0.25) is 13.1 Å². The quantitative estimate of drug-likeness (QED) is 0.163. The Kier molecular flexibility index (Phi) is 9.95. The third-order valence-electron chi connectivity index (χ3n) is 12.1. The first-order chi connectivity index (χ1) is 23.4. The number of halogens is 2. The standard InChI is InChI=1S/2C22H25.C2H7Si.2ClH.Zr/c2*1-6-16-11-12-17-13-18(22(3,4)5)14-20(17)21(16)19-10-8-7-9-15(19)2;1-3-2;;;/h2*7-14H,6H2,1-5H3;3H,1-2H3;2*1H;/q;;;;;+2/p-2. The fraction of sp³-hybridized carbons (Fsp3) is 0.391. The molecule has 0 aromatic heterocycles. The van der Waals surface area contributed by atoms with Gasteiger partial charge in [-0.2, -0.15) is 0 Å². The topological polar surface area (TPSA) is 0 Å². The first-order valence-corrected chi connectivity index (χ1v) is 35.1. The van der Waals surface area contributed by atoms with E-state index >= 15 is 0 Å². The Morgan fingerprint density at radius 3 is 1.24 bits per heavy atom. The summed E-state index contributed by atoms with van der Waals surface area (Å²) in [7, 11) is 17.9. The van der Waals surface area contributed by atoms with Gasteiger partial charge in [-0.1, -0.05) is 0 Å². The number of hydrogen-bond acceptors (Lipinski definition) is 0. The summed E-state index contributed by atoms with van der Waals surface area (Å²) >= 11 is -5.06. The molecule has 4 aromatic rings. The summed E-state index contributed by atoms with van der Waals surface area (Å²) in [4.78, 5) is 0. The number of rotatable bonds is 7. The molecule has 0 nitrogen and oxygen atoms in total. The van der Waals surface area contributed by atoms with E-state index in [0.29, 0.717) is 0 Å². The van der Waals surface area contributed by atoms with Crippen molar-refractivity contribution >= 4 is 35.1 Å². The summed E-state index contributed by atoms with van der Waals surface area (Å²) in [5.74, 6) is -1.74. The van der Waals surface area contributed by atoms with Gasteiger partial charge in [-0.05, 0) is 0 Å². The summed E-state index contributed by atoms with van der Waals surface area (Å²) in [5.41, 5.74) is 18.9. The van der Waals surface area contributed by atoms with Gasteiger partial charge in [0.2, 0.25) is 0 Å². The second-order valence-electron chi connectivity index (χ2n) is 17.5. The van der Waals surface area contributed by atoms with E-state index < -0.39 is 21.5 Å². The van der Waals surface area contributed by atoms with Crippen molar-refractivity contribution < 1.29 is 15.6 Å². The molecule has 0 heterocycles. The molecule has 0 fully saturated rings. The zero-order valence-corrected chi connectivity index (χ0v) is 37.6. The normalized spacial score (nSPS) is 18.4. The van der Waals surface area contributed by atoms with Gasteiger partial charge in [0.15, 0.2) is 0 Å². The van der Waals surface area contributed by atoms with E-state index in [2.05, 4.69) is 167 Å². The van der Waals surface area contributed by atoms with E-state index in [1.54, 1.807) is 0 Å². The molecule has 0 N–H and O–H groups in total. The Hall–Kier alpha value is -1.96. The number of hydrogen-bond donors (Lipinski definition) is 0. The van der Waals surface area contributed by atoms with Crippen molar-refractivity contribution in [2.45, 2.75) is 102 Å². The monoisotopic (exact) mass is 797 g/mol. The van der Waals surface area contributed by atoms with E-state index in [4.69, 9.17) is 17.0 Å². The van der Waals surface area contributed by atoms with Crippen LogP contribution in [0.4, 0.5) is 0 Å². The van der Waals surface area contributed by atoms with Crippen molar-refractivity contribution in [2.24, 2.45) is 10.8 Å². The van der Waals surface area contributed by atoms with Crippen molar-refractivity contribution in [2.75, 3.05) is 0 Å². The average molecular weight is 800 g/mol. The predicted octanol–water partition coefficient (Wildman–Crippen LogP) is 14.4. The first-order valence-electron chi connectivity index (χ1n) is 18.8. The molecule has 263 valence electrons. The van der Waals surface area contributed by atoms with Gasteiger partial charge in [-0.15, -0.1) is 0 Å². The molecule has 4 aromatic carbocycles. The molecule has 2 aliphatic rings. The van der Waals surface area contributed by atoms with Crippen LogP contribution in [0.25, 0.3) is 34.4 Å². The number of aryl methyl sites for hydroxylation is 4. The van der Waals surface area contributed by atoms with E-state index in [0.717, 1.165) is 12.8 Å². The zero-order valence-electron chi connectivity index (χ0n) is 32.5. The van der Waals surface area contributed by atoms with Crippen LogP contribution in [0.5, 0.6) is 0 Å². The summed E-state index contributed by atoms with van der Waals surface area (Å²) in [5, 5.41) is 0. The maximum absolute atomic E-state index is 8.96. The van der Waals surface area contributed by atoms with E-state index in [1.807, 2.05) is 0 Å². The Morgan fingerprint density at radius 2 is 0.940 bits per heavy atom. The van der Waals surface area contributed by atoms with Crippen LogP contribution >= 0.6 is 17.0 Å². The van der Waals surface area contributed by atoms with Crippen molar-refractivity contribution in [3.05, 3.63) is 128 Å². The Labute approximate surface area is 312 Å². The van der Waals surface area contributed by atoms with Crippen LogP contribution in [0.15, 0.2) is 83.9 Å². The van der Waals surface area contributed by atoms with Crippen molar-refractivity contribution in [1.29, 1.82) is 0 Å². The molecule has 0 aliphatic heterocycles. The average Bonchev–Trinajstić information content (AvgIpc) is 3.66. The van der Waals surface area contributed by atoms with Gasteiger partial charge < -0.3 is 0 Å². The molecule has 2 atom stereocenters. The molecular formula is C46H57Cl2SiZr. The van der Waals surface area contributed by atoms with Crippen LogP contribution in [-0.2, 0) is 28.4 Å². The summed E-state index contributed by atoms with van der Waals surface area (Å²) in [6.07, 6.45) is 7.05. The fourth-order valence-electron chi connectivity index (χ4n) is 9.24. The summed E-state index contributed by atoms with van der Waals surface area (Å²) in [6, 6.07) is 27.4. The van der Waals surface area contributed by atoms with Crippen LogP contribution in [0.1, 0.15) is 107 Å². The van der Waals surface area contributed by atoms with Gasteiger partial charge in [0.25, 0.3) is 0 Å². The molecular weight excluding hydrogens is 743 g/mol. The molecule has 0 spiro atoms. The predicted molar refractivity (Wildman–Crippen MR) is 223 cm³/mol. The van der Waals surface area contributed by atoms with E-state index in [1.165, 1.54) is 77.9 Å². The molecule has 4 heteroatoms. The van der Waals surface area contributed by atoms with Gasteiger partial charge in [0.05, 0.1) is 0 Å². The zero-order chi connectivity index (χ0) is 36.6. The Bertz CT molecular complexity index is 1910. The molecule has 0 radical (unpaired) electrons. The number of allylic oxidation sites excluding steroid dienone is 2. The molecule has 6 rings (SSSR count). The Morgan fingerprint density at radius 1 is 0.580 bits per heavy atom. The second-order valence-corrected chi connectivity index (χ2v) is 60.0. The molecule has 50 heavy (non-hydrogen) atoms. The van der Waals surface area contributed by atoms with Crippen LogP contribution in [0, 0.1) is 24.7 Å². The third-order valence-corrected chi connectivity index (χ3v) is 63.7. The van der Waals surface area contributed by atoms with Crippen molar-refractivity contribution in [3.63, 3.8) is 0 Å². The maximum atomic E-state index is 8.96. The fourth-order valence-corrected chi connectivity index (χ4v) is 40.7. The van der Waals surface area contributed by atoms with Gasteiger partial charge in [-0.25, -0.2) is 0 Å². The van der Waals surface area contributed by atoms with Crippen LogP contribution in [-0.4, -0.2) is 5.92 Å². The first kappa shape index (κ1) is 37.8. The second kappa shape index (κ2) is 13.2. The number of fused-ring (bicyclic) bond motifs is 2. The number of benzene rings is 4. The van der Waals surface area contributed by atoms with E-state index in [-0.39, 0.29) is 18.1 Å². The molecule has 0 amide bonds. The van der Waals surface area contributed by atoms with Gasteiger partial charge in [-0.3, -0.25) is 0 Å². The van der Waals surface area contributed by atoms with Gasteiger partial charge >= 0.3 is 315 Å². The Balaban J connectivity index is 1.73. The van der Waals surface area contributed by atoms with Crippen molar-refractivity contribution in [3.8, 4) is 22.3 Å². The van der Waals surface area contributed by atoms with E-state index in [9.17, 15) is 0 Å². The van der Waals surface area contributed by atoms with Gasteiger partial charge in [0.1, 0.15) is 0 Å². The van der Waals surface area contributed by atoms with Crippen molar-refractivity contribution in [1.82, 2.24) is 0 Å². The molecule has 2 unspecified atom stereocenters. The molecule has 0 saturated heterocycles. The minimum atomic E-state index is -5.06.